The van der Waals surface area contributed by atoms with Crippen LogP contribution in [0.1, 0.15) is 30.5 Å². The molecule has 2 aliphatic rings. The van der Waals surface area contributed by atoms with Gasteiger partial charge in [-0.3, -0.25) is 9.88 Å². The summed E-state index contributed by atoms with van der Waals surface area (Å²) < 4.78 is 34.8. The first kappa shape index (κ1) is 26.0. The third kappa shape index (κ3) is 5.21. The van der Waals surface area contributed by atoms with Gasteiger partial charge in [-0.05, 0) is 62.1 Å². The molecule has 0 spiro atoms. The van der Waals surface area contributed by atoms with E-state index in [2.05, 4.69) is 9.71 Å². The highest BCUT2D eigenvalue weighted by molar-refractivity contribution is 7.89. The van der Waals surface area contributed by atoms with Crippen LogP contribution in [0.5, 0.6) is 5.75 Å². The number of nitrogens with one attached hydrogen (secondary N) is 2. The zero-order chi connectivity index (χ0) is 26.2. The monoisotopic (exact) mass is 528 g/mol. The van der Waals surface area contributed by atoms with Gasteiger partial charge in [0.2, 0.25) is 10.0 Å². The Kier molecular flexibility index (Phi) is 7.20. The third-order valence-corrected chi connectivity index (χ3v) is 8.93. The molecule has 198 valence electrons. The minimum Gasteiger partial charge on any atom is -0.489 e. The molecule has 3 aromatic rings. The number of sulfonamides is 1. The van der Waals surface area contributed by atoms with Crippen LogP contribution in [0.2, 0.25) is 0 Å². The summed E-state index contributed by atoms with van der Waals surface area (Å²) in [6, 6.07) is 15.8. The second-order valence-corrected chi connectivity index (χ2v) is 11.7. The molecule has 0 amide bonds. The number of aromatic nitrogens is 1. The summed E-state index contributed by atoms with van der Waals surface area (Å²) in [6.45, 7) is 2.33. The average molecular weight is 529 g/mol. The number of aliphatic hydroxyl groups excluding tert-OH is 2. The predicted octanol–water partition coefficient (Wildman–Crippen LogP) is 1.87. The molecule has 1 saturated heterocycles. The zero-order valence-corrected chi connectivity index (χ0v) is 21.4. The van der Waals surface area contributed by atoms with Crippen molar-refractivity contribution in [3.05, 3.63) is 65.9 Å². The van der Waals surface area contributed by atoms with Gasteiger partial charge in [0.15, 0.2) is 0 Å². The number of hydroxylamine groups is 1. The number of nitrogens with zero attached hydrogens (tertiary/aromatic N) is 2. The van der Waals surface area contributed by atoms with Gasteiger partial charge in [0, 0.05) is 29.7 Å². The number of hydrogen-bond acceptors (Lipinski definition) is 9. The van der Waals surface area contributed by atoms with Crippen molar-refractivity contribution in [1.29, 1.82) is 0 Å². The summed E-state index contributed by atoms with van der Waals surface area (Å²) in [5.41, 5.74) is 3.12. The Balaban J connectivity index is 1.26. The number of pyridine rings is 1. The van der Waals surface area contributed by atoms with Crippen molar-refractivity contribution in [2.45, 2.75) is 55.7 Å². The van der Waals surface area contributed by atoms with E-state index in [1.807, 2.05) is 37.3 Å². The molecule has 0 bridgehead atoms. The van der Waals surface area contributed by atoms with Crippen LogP contribution in [0.25, 0.3) is 10.9 Å². The summed E-state index contributed by atoms with van der Waals surface area (Å²) in [5, 5.41) is 31.2. The molecule has 1 unspecified atom stereocenters. The van der Waals surface area contributed by atoms with E-state index in [4.69, 9.17) is 4.74 Å². The van der Waals surface area contributed by atoms with E-state index in [0.717, 1.165) is 41.4 Å². The first-order valence-electron chi connectivity index (χ1n) is 12.3. The van der Waals surface area contributed by atoms with Crippen molar-refractivity contribution in [1.82, 2.24) is 20.1 Å². The van der Waals surface area contributed by atoms with Crippen LogP contribution in [-0.2, 0) is 16.6 Å². The topological polar surface area (TPSA) is 144 Å². The highest BCUT2D eigenvalue weighted by atomic mass is 32.2. The zero-order valence-electron chi connectivity index (χ0n) is 20.5. The van der Waals surface area contributed by atoms with Gasteiger partial charge >= 0.3 is 0 Å². The maximum Gasteiger partial charge on any atom is 0.241 e. The Labute approximate surface area is 215 Å². The fourth-order valence-electron chi connectivity index (χ4n) is 5.04. The lowest BCUT2D eigenvalue weighted by molar-refractivity contribution is -0.169. The van der Waals surface area contributed by atoms with Crippen molar-refractivity contribution in [2.24, 2.45) is 5.92 Å². The Morgan fingerprint density at radius 1 is 1.14 bits per heavy atom. The van der Waals surface area contributed by atoms with Crippen LogP contribution in [-0.4, -0.2) is 64.8 Å². The molecular weight excluding hydrogens is 496 g/mol. The molecule has 37 heavy (non-hydrogen) atoms. The van der Waals surface area contributed by atoms with E-state index in [9.17, 15) is 23.8 Å². The molecule has 10 nitrogen and oxygen atoms in total. The molecular formula is C26H32N4O6S. The molecule has 5 N–H and O–H groups in total. The van der Waals surface area contributed by atoms with E-state index in [1.54, 1.807) is 22.5 Å². The minimum atomic E-state index is -4.05. The number of benzene rings is 2. The quantitative estimate of drug-likeness (QED) is 0.197. The second-order valence-electron chi connectivity index (χ2n) is 10.0. The summed E-state index contributed by atoms with van der Waals surface area (Å²) >= 11 is 0. The third-order valence-electron chi connectivity index (χ3n) is 7.36. The van der Waals surface area contributed by atoms with Crippen LogP contribution in [0, 0.1) is 12.8 Å². The van der Waals surface area contributed by atoms with Gasteiger partial charge in [-0.2, -0.15) is 10.2 Å². The molecule has 1 aliphatic heterocycles. The Hall–Kier alpha value is -2.64. The van der Waals surface area contributed by atoms with Gasteiger partial charge in [-0.25, -0.2) is 8.42 Å². The highest BCUT2D eigenvalue weighted by Crippen LogP contribution is 2.36. The van der Waals surface area contributed by atoms with E-state index in [1.165, 1.54) is 12.1 Å². The van der Waals surface area contributed by atoms with Gasteiger partial charge < -0.3 is 20.2 Å². The van der Waals surface area contributed by atoms with E-state index in [-0.39, 0.29) is 23.9 Å². The van der Waals surface area contributed by atoms with Gasteiger partial charge in [-0.15, -0.1) is 0 Å². The number of aliphatic hydroxyl groups is 2. The molecule has 2 fully saturated rings. The Morgan fingerprint density at radius 2 is 1.84 bits per heavy atom. The van der Waals surface area contributed by atoms with Crippen molar-refractivity contribution in [3.63, 3.8) is 0 Å². The number of ether oxygens (including phenoxy) is 1. The number of likely N-dealkylation sites (tertiary alicyclic amines) is 1. The van der Waals surface area contributed by atoms with Crippen LogP contribution < -0.4 is 14.9 Å². The van der Waals surface area contributed by atoms with Gasteiger partial charge in [0.05, 0.1) is 16.0 Å². The maximum absolute atomic E-state index is 13.2. The predicted molar refractivity (Wildman–Crippen MR) is 136 cm³/mol. The van der Waals surface area contributed by atoms with Crippen molar-refractivity contribution in [3.8, 4) is 5.75 Å². The lowest BCUT2D eigenvalue weighted by Gasteiger charge is -2.55. The molecule has 0 radical (unpaired) electrons. The lowest BCUT2D eigenvalue weighted by atomic mass is 9.80. The minimum absolute atomic E-state index is 0.00689. The van der Waals surface area contributed by atoms with Crippen LogP contribution >= 0.6 is 0 Å². The molecule has 2 atom stereocenters. The normalized spacial score (nSPS) is 19.7. The number of para-hydroxylation sites is 1. The van der Waals surface area contributed by atoms with Gasteiger partial charge in [-0.1, -0.05) is 24.6 Å². The summed E-state index contributed by atoms with van der Waals surface area (Å²) in [5.74, 6) is 0.651. The summed E-state index contributed by atoms with van der Waals surface area (Å²) in [6.07, 6.45) is 0.654. The second kappa shape index (κ2) is 10.3. The smallest absolute Gasteiger partial charge is 0.241 e. The van der Waals surface area contributed by atoms with Crippen LogP contribution in [0.15, 0.2) is 59.5 Å². The van der Waals surface area contributed by atoms with Crippen molar-refractivity contribution in [2.75, 3.05) is 13.1 Å². The molecule has 1 aliphatic carbocycles. The largest absolute Gasteiger partial charge is 0.489 e. The maximum atomic E-state index is 13.2. The molecule has 2 aromatic carbocycles. The van der Waals surface area contributed by atoms with E-state index in [0.29, 0.717) is 12.4 Å². The van der Waals surface area contributed by atoms with Crippen molar-refractivity contribution >= 4 is 20.9 Å². The van der Waals surface area contributed by atoms with E-state index >= 15 is 0 Å². The lowest BCUT2D eigenvalue weighted by Crippen LogP contribution is -2.79. The Morgan fingerprint density at radius 3 is 2.49 bits per heavy atom. The van der Waals surface area contributed by atoms with Crippen LogP contribution in [0.3, 0.4) is 0 Å². The molecule has 5 rings (SSSR count). The molecule has 1 aromatic heterocycles. The van der Waals surface area contributed by atoms with Crippen LogP contribution in [0.4, 0.5) is 0 Å². The first-order chi connectivity index (χ1) is 17.7. The fourth-order valence-corrected chi connectivity index (χ4v) is 6.42. The standard InChI is InChI=1S/C26H32N4O6S/c1-17-13-19(22-7-2-3-8-23(22)27-17)14-36-20-9-11-21(12-10-20)37(34,35)29-26(25(32)28-33)15-30(16-26)24(31)18-5-4-6-18/h2-3,7-13,18,24-25,28-29,31-33H,4-6,14-16H2,1H3/t24-,25?/m1/s1. The van der Waals surface area contributed by atoms with E-state index < -0.39 is 28.0 Å². The van der Waals surface area contributed by atoms with Gasteiger partial charge in [0.25, 0.3) is 0 Å². The SMILES string of the molecule is Cc1cc(COc2ccc(S(=O)(=O)NC3(C(O)NO)CN([C@H](O)C4CCC4)C3)cc2)c2ccccc2n1. The number of rotatable bonds is 10. The molecule has 2 heterocycles. The average Bonchev–Trinajstić information content (AvgIpc) is 2.83. The summed E-state index contributed by atoms with van der Waals surface area (Å²) in [4.78, 5) is 6.23. The first-order valence-corrected chi connectivity index (χ1v) is 13.8. The summed E-state index contributed by atoms with van der Waals surface area (Å²) in [7, 11) is -4.05. The highest BCUT2D eigenvalue weighted by Gasteiger charge is 2.54. The Bertz CT molecular complexity index is 1360. The van der Waals surface area contributed by atoms with Crippen molar-refractivity contribution < 1.29 is 28.6 Å². The number of aryl methyl sites for hydroxylation is 1. The van der Waals surface area contributed by atoms with Gasteiger partial charge in [0.1, 0.15) is 24.8 Å². The number of hydrogen-bond donors (Lipinski definition) is 5. The number of fused-ring (bicyclic) bond motifs is 1. The fraction of sp³-hybridized carbons (Fsp3) is 0.423. The molecule has 11 heteroatoms. The molecule has 1 saturated carbocycles.